The molecule has 17 heavy (non-hydrogen) atoms. The third-order valence-electron chi connectivity index (χ3n) is 2.49. The highest BCUT2D eigenvalue weighted by Crippen LogP contribution is 2.28. The normalized spacial score (nSPS) is 17.9. The van der Waals surface area contributed by atoms with Gasteiger partial charge < -0.3 is 14.8 Å². The number of nitrogens with zero attached hydrogens (tertiary/aromatic N) is 1. The molecule has 1 aliphatic carbocycles. The van der Waals surface area contributed by atoms with Gasteiger partial charge in [-0.2, -0.15) is 0 Å². The summed E-state index contributed by atoms with van der Waals surface area (Å²) in [7, 11) is 1.66. The van der Waals surface area contributed by atoms with E-state index in [1.165, 1.54) is 12.8 Å². The molecule has 0 amide bonds. The molecule has 1 saturated carbocycles. The minimum atomic E-state index is 0.169. The van der Waals surface area contributed by atoms with E-state index in [0.717, 1.165) is 12.5 Å². The zero-order valence-electron chi connectivity index (χ0n) is 10.7. The first kappa shape index (κ1) is 14.2. The number of guanidine groups is 1. The number of hydrogen-bond acceptors (Lipinski definition) is 4. The van der Waals surface area contributed by atoms with Gasteiger partial charge in [-0.15, -0.1) is 0 Å². The summed E-state index contributed by atoms with van der Waals surface area (Å²) in [6.45, 7) is 4.73. The van der Waals surface area contributed by atoms with E-state index in [1.54, 1.807) is 7.11 Å². The monoisotopic (exact) mass is 244 g/mol. The number of methoxy groups -OCH3 is 1. The smallest absolute Gasteiger partial charge is 0.206 e. The Bertz CT molecular complexity index is 232. The van der Waals surface area contributed by atoms with Crippen LogP contribution in [0, 0.1) is 5.92 Å². The summed E-state index contributed by atoms with van der Waals surface area (Å²) in [5, 5.41) is 3.11. The third kappa shape index (κ3) is 7.14. The van der Waals surface area contributed by atoms with Crippen molar-refractivity contribution in [3.63, 3.8) is 0 Å². The molecule has 0 aromatic carbocycles. The Morgan fingerprint density at radius 2 is 2.29 bits per heavy atom. The van der Waals surface area contributed by atoms with Gasteiger partial charge in [0.15, 0.2) is 0 Å². The van der Waals surface area contributed by atoms with Crippen molar-refractivity contribution in [3.05, 3.63) is 0 Å². The van der Waals surface area contributed by atoms with Gasteiger partial charge >= 0.3 is 0 Å². The van der Waals surface area contributed by atoms with Crippen molar-refractivity contribution < 1.29 is 9.47 Å². The van der Waals surface area contributed by atoms with Crippen molar-refractivity contribution in [1.29, 1.82) is 0 Å². The fourth-order valence-corrected chi connectivity index (χ4v) is 1.41. The molecule has 1 atom stereocenters. The van der Waals surface area contributed by atoms with Crippen molar-refractivity contribution in [2.24, 2.45) is 16.8 Å². The Morgan fingerprint density at radius 3 is 2.88 bits per heavy atom. The van der Waals surface area contributed by atoms with E-state index >= 15 is 0 Å². The van der Waals surface area contributed by atoms with E-state index < -0.39 is 0 Å². The molecule has 1 rings (SSSR count). The molecule has 6 heteroatoms. The third-order valence-corrected chi connectivity index (χ3v) is 2.49. The van der Waals surface area contributed by atoms with E-state index in [2.05, 4.69) is 15.7 Å². The van der Waals surface area contributed by atoms with Crippen LogP contribution in [0.2, 0.25) is 0 Å². The summed E-state index contributed by atoms with van der Waals surface area (Å²) in [4.78, 5) is 4.27. The van der Waals surface area contributed by atoms with Crippen LogP contribution in [-0.4, -0.2) is 45.5 Å². The summed E-state index contributed by atoms with van der Waals surface area (Å²) in [5.74, 6) is 6.74. The van der Waals surface area contributed by atoms with E-state index in [-0.39, 0.29) is 6.04 Å². The van der Waals surface area contributed by atoms with Crippen LogP contribution >= 0.6 is 0 Å². The van der Waals surface area contributed by atoms with Crippen LogP contribution in [0.25, 0.3) is 0 Å². The summed E-state index contributed by atoms with van der Waals surface area (Å²) < 4.78 is 10.5. The maximum absolute atomic E-state index is 5.48. The minimum Gasteiger partial charge on any atom is -0.383 e. The second-order valence-electron chi connectivity index (χ2n) is 4.39. The van der Waals surface area contributed by atoms with Gasteiger partial charge in [0.1, 0.15) is 0 Å². The first-order valence-corrected chi connectivity index (χ1v) is 6.10. The quantitative estimate of drug-likeness (QED) is 0.182. The van der Waals surface area contributed by atoms with Crippen LogP contribution in [0.5, 0.6) is 0 Å². The van der Waals surface area contributed by atoms with Gasteiger partial charge in [-0.3, -0.25) is 5.43 Å². The highest BCUT2D eigenvalue weighted by atomic mass is 16.5. The lowest BCUT2D eigenvalue weighted by atomic mass is 10.4. The Balaban J connectivity index is 2.08. The van der Waals surface area contributed by atoms with Crippen molar-refractivity contribution in [2.75, 3.05) is 33.5 Å². The van der Waals surface area contributed by atoms with Crippen LogP contribution in [0.15, 0.2) is 4.99 Å². The molecule has 0 saturated heterocycles. The molecule has 1 aliphatic rings. The average molecular weight is 244 g/mol. The number of aliphatic imine (C=N–C) groups is 1. The predicted molar refractivity (Wildman–Crippen MR) is 67.6 cm³/mol. The van der Waals surface area contributed by atoms with Crippen LogP contribution in [-0.2, 0) is 9.47 Å². The molecule has 0 aliphatic heterocycles. The van der Waals surface area contributed by atoms with E-state index in [0.29, 0.717) is 25.7 Å². The minimum absolute atomic E-state index is 0.169. The standard InChI is InChI=1S/C11H24N4O2/c1-9(7-16-2)14-11(15-12)13-5-6-17-8-10-3-4-10/h9-10H,3-8,12H2,1-2H3,(H2,13,14,15). The summed E-state index contributed by atoms with van der Waals surface area (Å²) >= 11 is 0. The van der Waals surface area contributed by atoms with Crippen LogP contribution in [0.3, 0.4) is 0 Å². The van der Waals surface area contributed by atoms with Crippen LogP contribution < -0.4 is 16.6 Å². The second-order valence-corrected chi connectivity index (χ2v) is 4.39. The first-order valence-electron chi connectivity index (χ1n) is 6.10. The number of nitrogens with one attached hydrogen (secondary N) is 2. The number of nitrogens with two attached hydrogens (primary N) is 1. The lowest BCUT2D eigenvalue weighted by molar-refractivity contribution is 0.131. The van der Waals surface area contributed by atoms with Gasteiger partial charge in [-0.05, 0) is 25.7 Å². The largest absolute Gasteiger partial charge is 0.383 e. The lowest BCUT2D eigenvalue weighted by Gasteiger charge is -2.15. The molecular weight excluding hydrogens is 220 g/mol. The Kier molecular flexibility index (Phi) is 6.91. The molecule has 4 N–H and O–H groups in total. The molecule has 6 nitrogen and oxygen atoms in total. The molecule has 0 aromatic rings. The number of hydrazine groups is 1. The van der Waals surface area contributed by atoms with Gasteiger partial charge in [0.05, 0.1) is 19.8 Å². The van der Waals surface area contributed by atoms with Crippen LogP contribution in [0.4, 0.5) is 0 Å². The van der Waals surface area contributed by atoms with Gasteiger partial charge in [0, 0.05) is 19.8 Å². The SMILES string of the molecule is COCC(C)NC(=NCCOCC1CC1)NN. The van der Waals surface area contributed by atoms with Crippen molar-refractivity contribution in [2.45, 2.75) is 25.8 Å². The first-order chi connectivity index (χ1) is 8.26. The fourth-order valence-electron chi connectivity index (χ4n) is 1.41. The van der Waals surface area contributed by atoms with E-state index in [9.17, 15) is 0 Å². The zero-order valence-corrected chi connectivity index (χ0v) is 10.7. The topological polar surface area (TPSA) is 80.9 Å². The fraction of sp³-hybridized carbons (Fsp3) is 0.909. The average Bonchev–Trinajstić information content (AvgIpc) is 3.11. The Labute approximate surface area is 103 Å². The zero-order chi connectivity index (χ0) is 12.5. The number of rotatable bonds is 8. The predicted octanol–water partition coefficient (Wildman–Crippen LogP) is -0.143. The molecule has 0 bridgehead atoms. The molecule has 0 spiro atoms. The molecule has 0 radical (unpaired) electrons. The molecule has 0 heterocycles. The number of ether oxygens (including phenoxy) is 2. The van der Waals surface area contributed by atoms with Crippen LogP contribution in [0.1, 0.15) is 19.8 Å². The van der Waals surface area contributed by atoms with Gasteiger partial charge in [-0.1, -0.05) is 0 Å². The van der Waals surface area contributed by atoms with E-state index in [1.807, 2.05) is 6.92 Å². The lowest BCUT2D eigenvalue weighted by Crippen LogP contribution is -2.47. The molecule has 100 valence electrons. The second kappa shape index (κ2) is 8.27. The summed E-state index contributed by atoms with van der Waals surface area (Å²) in [5.41, 5.74) is 2.53. The maximum Gasteiger partial charge on any atom is 0.206 e. The molecular formula is C11H24N4O2. The summed E-state index contributed by atoms with van der Waals surface area (Å²) in [6.07, 6.45) is 2.63. The highest BCUT2D eigenvalue weighted by molar-refractivity contribution is 5.79. The molecule has 0 aromatic heterocycles. The maximum atomic E-state index is 5.48. The van der Waals surface area contributed by atoms with Gasteiger partial charge in [0.2, 0.25) is 5.96 Å². The molecule has 1 unspecified atom stereocenters. The van der Waals surface area contributed by atoms with Gasteiger partial charge in [-0.25, -0.2) is 10.8 Å². The molecule has 1 fully saturated rings. The Morgan fingerprint density at radius 1 is 1.53 bits per heavy atom. The van der Waals surface area contributed by atoms with Gasteiger partial charge in [0.25, 0.3) is 0 Å². The number of hydrogen-bond donors (Lipinski definition) is 3. The van der Waals surface area contributed by atoms with Crippen molar-refractivity contribution in [3.8, 4) is 0 Å². The highest BCUT2D eigenvalue weighted by Gasteiger charge is 2.20. The van der Waals surface area contributed by atoms with Crippen molar-refractivity contribution in [1.82, 2.24) is 10.7 Å². The van der Waals surface area contributed by atoms with E-state index in [4.69, 9.17) is 15.3 Å². The van der Waals surface area contributed by atoms with Crippen molar-refractivity contribution >= 4 is 5.96 Å². The summed E-state index contributed by atoms with van der Waals surface area (Å²) in [6, 6.07) is 0.169. The Hall–Kier alpha value is -0.850.